The van der Waals surface area contributed by atoms with Crippen molar-refractivity contribution in [3.05, 3.63) is 45.1 Å². The summed E-state index contributed by atoms with van der Waals surface area (Å²) in [5.41, 5.74) is 2.41. The van der Waals surface area contributed by atoms with E-state index in [9.17, 15) is 9.59 Å². The van der Waals surface area contributed by atoms with Gasteiger partial charge < -0.3 is 14.4 Å². The van der Waals surface area contributed by atoms with Gasteiger partial charge in [0.1, 0.15) is 4.32 Å². The maximum Gasteiger partial charge on any atom is 0.266 e. The normalized spacial score (nSPS) is 18.8. The van der Waals surface area contributed by atoms with E-state index in [1.807, 2.05) is 29.7 Å². The smallest absolute Gasteiger partial charge is 0.266 e. The number of thiocarbonyl (C=S) groups is 1. The largest absolute Gasteiger partial charge is 0.368 e. The highest BCUT2D eigenvalue weighted by molar-refractivity contribution is 8.26. The zero-order valence-corrected chi connectivity index (χ0v) is 21.3. The molecule has 0 atom stereocenters. The highest BCUT2D eigenvalue weighted by Crippen LogP contribution is 2.36. The van der Waals surface area contributed by atoms with E-state index in [0.717, 1.165) is 62.0 Å². The summed E-state index contributed by atoms with van der Waals surface area (Å²) in [6, 6.07) is 8.09. The number of unbranched alkanes of at least 4 members (excludes halogenated alkanes) is 2. The molecule has 0 bridgehead atoms. The molecule has 0 radical (unpaired) electrons. The second-order valence-electron chi connectivity index (χ2n) is 8.66. The third-order valence-electron chi connectivity index (χ3n) is 6.45. The molecule has 6 nitrogen and oxygen atoms in total. The molecule has 2 fully saturated rings. The molecule has 1 aromatic carbocycles. The van der Waals surface area contributed by atoms with Gasteiger partial charge in [-0.2, -0.15) is 0 Å². The lowest BCUT2D eigenvalue weighted by Crippen LogP contribution is -2.45. The minimum atomic E-state index is -0.0824. The molecule has 0 aliphatic carbocycles. The van der Waals surface area contributed by atoms with E-state index in [1.165, 1.54) is 11.8 Å². The van der Waals surface area contributed by atoms with Gasteiger partial charge in [-0.15, -0.1) is 0 Å². The van der Waals surface area contributed by atoms with Gasteiger partial charge in [0, 0.05) is 44.7 Å². The topological polar surface area (TPSA) is 48.8 Å². The number of fused-ring (bicyclic) bond motifs is 1. The number of aromatic nitrogens is 1. The fourth-order valence-electron chi connectivity index (χ4n) is 4.57. The second-order valence-corrected chi connectivity index (χ2v) is 10.3. The SMILES string of the molecule is CCCCCN1C(=O)C(=Cc2c(N3CCN(C)CC3)c3ccccc3n(CC)c2=O)SC1=S. The summed E-state index contributed by atoms with van der Waals surface area (Å²) in [4.78, 5) is 33.8. The summed E-state index contributed by atoms with van der Waals surface area (Å²) in [6.45, 7) is 8.89. The van der Waals surface area contributed by atoms with Crippen LogP contribution < -0.4 is 10.5 Å². The Bertz CT molecular complexity index is 1150. The first kappa shape index (κ1) is 24.0. The number of amides is 1. The minimum absolute atomic E-state index is 0.0543. The molecule has 4 rings (SSSR count). The average molecular weight is 485 g/mol. The molecule has 176 valence electrons. The molecule has 8 heteroatoms. The first-order chi connectivity index (χ1) is 16.0. The van der Waals surface area contributed by atoms with E-state index in [2.05, 4.69) is 29.8 Å². The quantitative estimate of drug-likeness (QED) is 0.334. The fraction of sp³-hybridized carbons (Fsp3) is 0.480. The monoisotopic (exact) mass is 484 g/mol. The Hall–Kier alpha value is -2.16. The summed E-state index contributed by atoms with van der Waals surface area (Å²) in [5, 5.41) is 1.05. The van der Waals surface area contributed by atoms with Crippen LogP contribution in [-0.4, -0.2) is 64.4 Å². The van der Waals surface area contributed by atoms with Crippen LogP contribution in [0.3, 0.4) is 0 Å². The molecular formula is C25H32N4O2S2. The summed E-state index contributed by atoms with van der Waals surface area (Å²) >= 11 is 6.83. The third kappa shape index (κ3) is 4.74. The number of pyridine rings is 1. The summed E-state index contributed by atoms with van der Waals surface area (Å²) in [5.74, 6) is -0.0824. The Kier molecular flexibility index (Phi) is 7.56. The number of likely N-dealkylation sites (N-methyl/N-ethyl adjacent to an activating group) is 1. The molecule has 0 saturated carbocycles. The lowest BCUT2D eigenvalue weighted by Gasteiger charge is -2.35. The van der Waals surface area contributed by atoms with Gasteiger partial charge in [0.05, 0.1) is 21.7 Å². The number of anilines is 1. The van der Waals surface area contributed by atoms with Crippen LogP contribution in [0.5, 0.6) is 0 Å². The Balaban J connectivity index is 1.84. The molecule has 1 aromatic heterocycles. The lowest BCUT2D eigenvalue weighted by molar-refractivity contribution is -0.122. The second kappa shape index (κ2) is 10.4. The molecule has 2 aliphatic heterocycles. The standard InChI is InChI=1S/C25H32N4O2S2/c1-4-6-9-12-29-24(31)21(33-25(29)32)17-19-22(27-15-13-26(3)14-16-27)18-10-7-8-11-20(18)28(5-2)23(19)30/h7-8,10-11,17H,4-6,9,12-16H2,1-3H3. The van der Waals surface area contributed by atoms with Crippen LogP contribution in [0.1, 0.15) is 38.7 Å². The number of aryl methyl sites for hydroxylation is 1. The molecule has 0 spiro atoms. The summed E-state index contributed by atoms with van der Waals surface area (Å²) in [7, 11) is 2.12. The minimum Gasteiger partial charge on any atom is -0.368 e. The van der Waals surface area contributed by atoms with Gasteiger partial charge in [-0.25, -0.2) is 0 Å². The van der Waals surface area contributed by atoms with Gasteiger partial charge in [0.15, 0.2) is 0 Å². The van der Waals surface area contributed by atoms with Gasteiger partial charge in [-0.05, 0) is 32.5 Å². The molecule has 2 saturated heterocycles. The molecule has 2 aromatic rings. The number of piperazine rings is 1. The molecular weight excluding hydrogens is 452 g/mol. The summed E-state index contributed by atoms with van der Waals surface area (Å²) < 4.78 is 2.39. The highest BCUT2D eigenvalue weighted by Gasteiger charge is 2.33. The maximum atomic E-state index is 13.7. The number of nitrogens with zero attached hydrogens (tertiary/aromatic N) is 4. The van der Waals surface area contributed by atoms with Crippen molar-refractivity contribution in [3.63, 3.8) is 0 Å². The predicted molar refractivity (Wildman–Crippen MR) is 143 cm³/mol. The van der Waals surface area contributed by atoms with Crippen molar-refractivity contribution in [2.24, 2.45) is 0 Å². The Morgan fingerprint density at radius 1 is 1.06 bits per heavy atom. The van der Waals surface area contributed by atoms with E-state index < -0.39 is 0 Å². The Morgan fingerprint density at radius 3 is 2.48 bits per heavy atom. The van der Waals surface area contributed by atoms with Crippen molar-refractivity contribution in [3.8, 4) is 0 Å². The van der Waals surface area contributed by atoms with E-state index in [-0.39, 0.29) is 11.5 Å². The molecule has 2 aliphatic rings. The number of benzene rings is 1. The van der Waals surface area contributed by atoms with Gasteiger partial charge in [0.25, 0.3) is 11.5 Å². The van der Waals surface area contributed by atoms with Gasteiger partial charge in [-0.1, -0.05) is 61.9 Å². The zero-order chi connectivity index (χ0) is 23.5. The van der Waals surface area contributed by atoms with Gasteiger partial charge in [-0.3, -0.25) is 14.5 Å². The van der Waals surface area contributed by atoms with Crippen LogP contribution in [0.2, 0.25) is 0 Å². The van der Waals surface area contributed by atoms with Crippen LogP contribution in [0, 0.1) is 0 Å². The lowest BCUT2D eigenvalue weighted by atomic mass is 10.1. The third-order valence-corrected chi connectivity index (χ3v) is 7.83. The van der Waals surface area contributed by atoms with E-state index in [0.29, 0.717) is 27.9 Å². The molecule has 0 unspecified atom stereocenters. The highest BCUT2D eigenvalue weighted by atomic mass is 32.2. The number of para-hydroxylation sites is 1. The zero-order valence-electron chi connectivity index (χ0n) is 19.7. The van der Waals surface area contributed by atoms with Crippen molar-refractivity contribution in [2.75, 3.05) is 44.7 Å². The van der Waals surface area contributed by atoms with Crippen molar-refractivity contribution in [1.82, 2.24) is 14.4 Å². The number of thioether (sulfide) groups is 1. The number of rotatable bonds is 7. The van der Waals surface area contributed by atoms with Gasteiger partial charge >= 0.3 is 0 Å². The molecule has 3 heterocycles. The van der Waals surface area contributed by atoms with Crippen molar-refractivity contribution < 1.29 is 4.79 Å². The molecule has 0 N–H and O–H groups in total. The predicted octanol–water partition coefficient (Wildman–Crippen LogP) is 4.16. The first-order valence-corrected chi connectivity index (χ1v) is 13.0. The first-order valence-electron chi connectivity index (χ1n) is 11.8. The van der Waals surface area contributed by atoms with Crippen LogP contribution in [0.25, 0.3) is 17.0 Å². The van der Waals surface area contributed by atoms with Crippen LogP contribution in [0.4, 0.5) is 5.69 Å². The van der Waals surface area contributed by atoms with Gasteiger partial charge in [0.2, 0.25) is 0 Å². The number of carbonyl (C=O) groups excluding carboxylic acids is 1. The van der Waals surface area contributed by atoms with Crippen LogP contribution >= 0.6 is 24.0 Å². The van der Waals surface area contributed by atoms with Crippen LogP contribution in [0.15, 0.2) is 34.0 Å². The Morgan fingerprint density at radius 2 is 1.79 bits per heavy atom. The maximum absolute atomic E-state index is 13.7. The number of hydrogen-bond acceptors (Lipinski definition) is 6. The molecule has 33 heavy (non-hydrogen) atoms. The van der Waals surface area contributed by atoms with Crippen molar-refractivity contribution in [2.45, 2.75) is 39.7 Å². The van der Waals surface area contributed by atoms with Crippen molar-refractivity contribution >= 4 is 56.9 Å². The molecule has 1 amide bonds. The Labute approximate surface area is 205 Å². The fourth-order valence-corrected chi connectivity index (χ4v) is 5.86. The van der Waals surface area contributed by atoms with E-state index in [4.69, 9.17) is 12.2 Å². The van der Waals surface area contributed by atoms with Crippen LogP contribution in [-0.2, 0) is 11.3 Å². The van der Waals surface area contributed by atoms with E-state index >= 15 is 0 Å². The number of carbonyl (C=O) groups is 1. The average Bonchev–Trinajstić information content (AvgIpc) is 3.08. The number of hydrogen-bond donors (Lipinski definition) is 0. The summed E-state index contributed by atoms with van der Waals surface area (Å²) in [6.07, 6.45) is 4.89. The van der Waals surface area contributed by atoms with Crippen molar-refractivity contribution in [1.29, 1.82) is 0 Å². The van der Waals surface area contributed by atoms with E-state index in [1.54, 1.807) is 11.0 Å².